The van der Waals surface area contributed by atoms with Crippen LogP contribution in [-0.4, -0.2) is 20.9 Å². The zero-order valence-corrected chi connectivity index (χ0v) is 21.5. The van der Waals surface area contributed by atoms with Gasteiger partial charge in [-0.1, -0.05) is 71.7 Å². The number of rotatable bonds is 7. The first-order valence-corrected chi connectivity index (χ1v) is 13.0. The number of likely N-dealkylation sites (tertiary alicyclic amines) is 1. The Labute approximate surface area is 217 Å². The van der Waals surface area contributed by atoms with E-state index in [4.69, 9.17) is 27.7 Å². The number of piperidine rings is 1. The maximum absolute atomic E-state index is 13.5. The summed E-state index contributed by atoms with van der Waals surface area (Å²) >= 11 is 11.6. The van der Waals surface area contributed by atoms with Crippen molar-refractivity contribution in [1.82, 2.24) is 15.0 Å². The van der Waals surface area contributed by atoms with Crippen LogP contribution in [0.2, 0.25) is 10.0 Å². The van der Waals surface area contributed by atoms with E-state index >= 15 is 0 Å². The fraction of sp³-hybridized carbons (Fsp3) is 0.393. The molecule has 2 aromatic carbocycles. The van der Waals surface area contributed by atoms with Crippen molar-refractivity contribution >= 4 is 29.1 Å². The standard InChI is InChI=1S/C22H26ClN3O2.C6H5Cl/c1-3-5-16-10-13-19(14-8-11-17(23)12-9-14)26(22(16)27)18(4-2)21-24-20(25-28-21)15-6-7-15;7-6-4-2-1-3-5-6/h3,8-9,11-12,15-16,18-19H,1,4-7,10,13H2,2H3;1-5H/t16-,18?,19?;/m0./s1. The van der Waals surface area contributed by atoms with Crippen LogP contribution in [0, 0.1) is 5.92 Å². The van der Waals surface area contributed by atoms with Crippen molar-refractivity contribution in [3.63, 3.8) is 0 Å². The lowest BCUT2D eigenvalue weighted by Crippen LogP contribution is -2.45. The number of aromatic nitrogens is 2. The van der Waals surface area contributed by atoms with Crippen molar-refractivity contribution in [2.75, 3.05) is 0 Å². The Kier molecular flexibility index (Phi) is 8.64. The number of carbonyl (C=O) groups excluding carboxylic acids is 1. The van der Waals surface area contributed by atoms with Gasteiger partial charge in [-0.25, -0.2) is 0 Å². The van der Waals surface area contributed by atoms with Gasteiger partial charge in [-0.05, 0) is 68.4 Å². The molecule has 1 saturated carbocycles. The summed E-state index contributed by atoms with van der Waals surface area (Å²) < 4.78 is 5.62. The molecule has 35 heavy (non-hydrogen) atoms. The van der Waals surface area contributed by atoms with Crippen molar-refractivity contribution in [3.8, 4) is 0 Å². The van der Waals surface area contributed by atoms with Gasteiger partial charge in [-0.2, -0.15) is 4.98 Å². The number of benzene rings is 2. The molecule has 2 aliphatic rings. The van der Waals surface area contributed by atoms with Gasteiger partial charge in [0.15, 0.2) is 5.82 Å². The number of amides is 1. The molecule has 2 fully saturated rings. The molecule has 0 bridgehead atoms. The monoisotopic (exact) mass is 511 g/mol. The average molecular weight is 512 g/mol. The van der Waals surface area contributed by atoms with Crippen LogP contribution in [0.3, 0.4) is 0 Å². The molecule has 1 aliphatic heterocycles. The lowest BCUT2D eigenvalue weighted by molar-refractivity contribution is -0.146. The number of hydrogen-bond acceptors (Lipinski definition) is 4. The van der Waals surface area contributed by atoms with Crippen LogP contribution >= 0.6 is 23.2 Å². The highest BCUT2D eigenvalue weighted by Gasteiger charge is 2.41. The molecular weight excluding hydrogens is 481 g/mol. The molecule has 0 N–H and O–H groups in total. The fourth-order valence-electron chi connectivity index (χ4n) is 4.58. The van der Waals surface area contributed by atoms with E-state index < -0.39 is 0 Å². The van der Waals surface area contributed by atoms with Gasteiger partial charge in [-0.3, -0.25) is 4.79 Å². The van der Waals surface area contributed by atoms with Crippen molar-refractivity contribution in [2.24, 2.45) is 5.92 Å². The minimum Gasteiger partial charge on any atom is -0.337 e. The summed E-state index contributed by atoms with van der Waals surface area (Å²) in [7, 11) is 0. The van der Waals surface area contributed by atoms with Gasteiger partial charge in [0.25, 0.3) is 0 Å². The molecule has 3 atom stereocenters. The van der Waals surface area contributed by atoms with E-state index in [-0.39, 0.29) is 23.9 Å². The first-order chi connectivity index (χ1) is 17.0. The molecule has 184 valence electrons. The highest BCUT2D eigenvalue weighted by molar-refractivity contribution is 6.30. The number of hydrogen-bond donors (Lipinski definition) is 0. The van der Waals surface area contributed by atoms with Crippen LogP contribution in [0.4, 0.5) is 0 Å². The second-order valence-corrected chi connectivity index (χ2v) is 9.97. The first-order valence-electron chi connectivity index (χ1n) is 12.2. The van der Waals surface area contributed by atoms with E-state index in [1.54, 1.807) is 0 Å². The van der Waals surface area contributed by atoms with Gasteiger partial charge in [0.1, 0.15) is 6.04 Å². The van der Waals surface area contributed by atoms with Crippen molar-refractivity contribution in [3.05, 3.63) is 94.6 Å². The number of nitrogens with zero attached hydrogens (tertiary/aromatic N) is 3. The van der Waals surface area contributed by atoms with Gasteiger partial charge in [-0.15, -0.1) is 6.58 Å². The third-order valence-corrected chi connectivity index (χ3v) is 7.08. The Hall–Kier alpha value is -2.63. The Morgan fingerprint density at radius 1 is 1.06 bits per heavy atom. The Bertz CT molecular complexity index is 1110. The van der Waals surface area contributed by atoms with Crippen LogP contribution in [0.15, 0.2) is 71.8 Å². The van der Waals surface area contributed by atoms with Crippen molar-refractivity contribution < 1.29 is 9.32 Å². The first kappa shape index (κ1) is 25.5. The second kappa shape index (κ2) is 11.9. The topological polar surface area (TPSA) is 59.2 Å². The third-order valence-electron chi connectivity index (χ3n) is 6.57. The smallest absolute Gasteiger partial charge is 0.249 e. The minimum absolute atomic E-state index is 0.0212. The largest absolute Gasteiger partial charge is 0.337 e. The maximum atomic E-state index is 13.5. The summed E-state index contributed by atoms with van der Waals surface area (Å²) in [6.45, 7) is 5.89. The molecule has 0 spiro atoms. The maximum Gasteiger partial charge on any atom is 0.249 e. The second-order valence-electron chi connectivity index (χ2n) is 9.10. The molecule has 1 aliphatic carbocycles. The molecule has 2 heterocycles. The van der Waals surface area contributed by atoms with Crippen LogP contribution < -0.4 is 0 Å². The predicted octanol–water partition coefficient (Wildman–Crippen LogP) is 7.95. The normalized spacial score (nSPS) is 20.7. The lowest BCUT2D eigenvalue weighted by Gasteiger charge is -2.42. The van der Waals surface area contributed by atoms with Gasteiger partial charge < -0.3 is 9.42 Å². The highest BCUT2D eigenvalue weighted by Crippen LogP contribution is 2.43. The van der Waals surface area contributed by atoms with Gasteiger partial charge in [0.2, 0.25) is 11.8 Å². The van der Waals surface area contributed by atoms with Crippen LogP contribution in [0.25, 0.3) is 0 Å². The molecule has 7 heteroatoms. The van der Waals surface area contributed by atoms with Crippen LogP contribution in [0.1, 0.15) is 80.7 Å². The van der Waals surface area contributed by atoms with Crippen LogP contribution in [-0.2, 0) is 4.79 Å². The molecule has 1 saturated heterocycles. The van der Waals surface area contributed by atoms with E-state index in [0.29, 0.717) is 23.3 Å². The SMILES string of the molecule is C=CC[C@H]1CCC(c2ccc(Cl)cc2)N(C(CC)c2nc(C3CC3)no2)C1=O.Clc1ccccc1. The highest BCUT2D eigenvalue weighted by atomic mass is 35.5. The lowest BCUT2D eigenvalue weighted by atomic mass is 9.85. The number of halogens is 2. The quantitative estimate of drug-likeness (QED) is 0.302. The van der Waals surface area contributed by atoms with Gasteiger partial charge in [0.05, 0.1) is 6.04 Å². The van der Waals surface area contributed by atoms with Crippen molar-refractivity contribution in [2.45, 2.75) is 63.5 Å². The van der Waals surface area contributed by atoms with Crippen molar-refractivity contribution in [1.29, 1.82) is 0 Å². The van der Waals surface area contributed by atoms with Crippen LogP contribution in [0.5, 0.6) is 0 Å². The summed E-state index contributed by atoms with van der Waals surface area (Å²) in [6, 6.07) is 17.0. The molecular formula is C28H31Cl2N3O2. The summed E-state index contributed by atoms with van der Waals surface area (Å²) in [5, 5.41) is 5.66. The third kappa shape index (κ3) is 6.33. The van der Waals surface area contributed by atoms with E-state index in [9.17, 15) is 4.79 Å². The molecule has 5 nitrogen and oxygen atoms in total. The summed E-state index contributed by atoms with van der Waals surface area (Å²) in [6.07, 6.45) is 7.23. The number of carbonyl (C=O) groups is 1. The molecule has 5 rings (SSSR count). The molecule has 1 amide bonds. The zero-order chi connectivity index (χ0) is 24.8. The van der Waals surface area contributed by atoms with E-state index in [2.05, 4.69) is 23.6 Å². The molecule has 0 radical (unpaired) electrons. The molecule has 3 aromatic rings. The zero-order valence-electron chi connectivity index (χ0n) is 19.9. The predicted molar refractivity (Wildman–Crippen MR) is 139 cm³/mol. The average Bonchev–Trinajstić information content (AvgIpc) is 3.61. The number of allylic oxidation sites excluding steroid dienone is 1. The summed E-state index contributed by atoms with van der Waals surface area (Å²) in [5.74, 6) is 1.86. The van der Waals surface area contributed by atoms with E-state index in [1.807, 2.05) is 65.6 Å². The van der Waals surface area contributed by atoms with E-state index in [1.165, 1.54) is 0 Å². The van der Waals surface area contributed by atoms with Gasteiger partial charge >= 0.3 is 0 Å². The Morgan fingerprint density at radius 2 is 1.74 bits per heavy atom. The Balaban J connectivity index is 0.000000356. The molecule has 1 aromatic heterocycles. The molecule has 2 unspecified atom stereocenters. The van der Waals surface area contributed by atoms with Gasteiger partial charge in [0, 0.05) is 21.9 Å². The van der Waals surface area contributed by atoms with E-state index in [0.717, 1.165) is 48.5 Å². The summed E-state index contributed by atoms with van der Waals surface area (Å²) in [4.78, 5) is 20.1. The Morgan fingerprint density at radius 3 is 2.31 bits per heavy atom. The summed E-state index contributed by atoms with van der Waals surface area (Å²) in [5.41, 5.74) is 1.09. The fourth-order valence-corrected chi connectivity index (χ4v) is 4.86. The minimum atomic E-state index is -0.221.